The molecule has 0 bridgehead atoms. The van der Waals surface area contributed by atoms with E-state index in [1.165, 1.54) is 25.7 Å². The highest BCUT2D eigenvalue weighted by Gasteiger charge is 2.02. The Kier molecular flexibility index (Phi) is 13.8. The van der Waals surface area contributed by atoms with Crippen LogP contribution in [0, 0.1) is 5.92 Å². The first-order valence-electron chi connectivity index (χ1n) is 8.30. The fourth-order valence-electron chi connectivity index (χ4n) is 1.98. The third-order valence-corrected chi connectivity index (χ3v) is 3.27. The summed E-state index contributed by atoms with van der Waals surface area (Å²) in [5.41, 5.74) is 0. The summed E-state index contributed by atoms with van der Waals surface area (Å²) in [6.07, 6.45) is 6.27. The second-order valence-corrected chi connectivity index (χ2v) is 5.79. The van der Waals surface area contributed by atoms with E-state index in [1.54, 1.807) is 14.2 Å². The number of nitrogens with one attached hydrogen (secondary N) is 3. The summed E-state index contributed by atoms with van der Waals surface area (Å²) in [5, 5.41) is 8.98. The molecule has 0 spiro atoms. The number of hydrogen-bond acceptors (Lipinski definition) is 3. The number of carbonyl (C=O) groups is 1. The molecule has 6 heteroatoms. The van der Waals surface area contributed by atoms with Gasteiger partial charge in [-0.2, -0.15) is 0 Å². The van der Waals surface area contributed by atoms with Crippen molar-refractivity contribution in [2.75, 3.05) is 40.4 Å². The van der Waals surface area contributed by atoms with E-state index in [0.29, 0.717) is 19.1 Å². The van der Waals surface area contributed by atoms with Crippen LogP contribution in [0.1, 0.15) is 46.0 Å². The standard InChI is InChI=1S/C16H34N4O2/c1-14(2)9-7-5-6-8-10-19-16(17-3)20-13-15(21)18-11-12-22-4/h14H,5-13H2,1-4H3,(H,18,21)(H2,17,19,20). The highest BCUT2D eigenvalue weighted by Crippen LogP contribution is 2.08. The highest BCUT2D eigenvalue weighted by molar-refractivity contribution is 5.86. The van der Waals surface area contributed by atoms with Gasteiger partial charge in [-0.05, 0) is 12.3 Å². The van der Waals surface area contributed by atoms with Gasteiger partial charge in [-0.25, -0.2) is 0 Å². The minimum atomic E-state index is -0.0614. The van der Waals surface area contributed by atoms with Crippen molar-refractivity contribution < 1.29 is 9.53 Å². The molecule has 130 valence electrons. The van der Waals surface area contributed by atoms with Crippen LogP contribution in [0.25, 0.3) is 0 Å². The van der Waals surface area contributed by atoms with Crippen LogP contribution >= 0.6 is 0 Å². The maximum absolute atomic E-state index is 11.5. The highest BCUT2D eigenvalue weighted by atomic mass is 16.5. The third-order valence-electron chi connectivity index (χ3n) is 3.27. The van der Waals surface area contributed by atoms with Gasteiger partial charge in [-0.1, -0.05) is 39.5 Å². The zero-order valence-electron chi connectivity index (χ0n) is 14.7. The minimum Gasteiger partial charge on any atom is -0.383 e. The monoisotopic (exact) mass is 314 g/mol. The summed E-state index contributed by atoms with van der Waals surface area (Å²) in [5.74, 6) is 1.41. The third kappa shape index (κ3) is 13.7. The number of methoxy groups -OCH3 is 1. The topological polar surface area (TPSA) is 74.8 Å². The zero-order valence-corrected chi connectivity index (χ0v) is 14.7. The van der Waals surface area contributed by atoms with E-state index >= 15 is 0 Å². The molecule has 0 unspecified atom stereocenters. The van der Waals surface area contributed by atoms with Crippen LogP contribution in [-0.2, 0) is 9.53 Å². The van der Waals surface area contributed by atoms with Gasteiger partial charge in [0.15, 0.2) is 5.96 Å². The molecule has 0 atom stereocenters. The predicted octanol–water partition coefficient (Wildman–Crippen LogP) is 1.52. The fourth-order valence-corrected chi connectivity index (χ4v) is 1.98. The molecule has 0 aromatic heterocycles. The van der Waals surface area contributed by atoms with Crippen LogP contribution in [0.5, 0.6) is 0 Å². The number of ether oxygens (including phenoxy) is 1. The van der Waals surface area contributed by atoms with Crippen molar-refractivity contribution in [1.29, 1.82) is 0 Å². The lowest BCUT2D eigenvalue weighted by molar-refractivity contribution is -0.120. The van der Waals surface area contributed by atoms with Gasteiger partial charge in [0.05, 0.1) is 13.2 Å². The average molecular weight is 314 g/mol. The second kappa shape index (κ2) is 14.6. The Balaban J connectivity index is 3.57. The quantitative estimate of drug-likeness (QED) is 0.290. The molecule has 22 heavy (non-hydrogen) atoms. The number of guanidine groups is 1. The molecule has 0 fully saturated rings. The zero-order chi connectivity index (χ0) is 16.6. The van der Waals surface area contributed by atoms with Gasteiger partial charge in [-0.15, -0.1) is 0 Å². The van der Waals surface area contributed by atoms with E-state index in [4.69, 9.17) is 4.74 Å². The summed E-state index contributed by atoms with van der Waals surface area (Å²) >= 11 is 0. The summed E-state index contributed by atoms with van der Waals surface area (Å²) in [6, 6.07) is 0. The van der Waals surface area contributed by atoms with E-state index in [-0.39, 0.29) is 12.5 Å². The van der Waals surface area contributed by atoms with Gasteiger partial charge >= 0.3 is 0 Å². The summed E-state index contributed by atoms with van der Waals surface area (Å²) in [4.78, 5) is 15.6. The Morgan fingerprint density at radius 3 is 2.41 bits per heavy atom. The number of unbranched alkanes of at least 4 members (excludes halogenated alkanes) is 3. The number of aliphatic imine (C=N–C) groups is 1. The first kappa shape index (κ1) is 20.7. The minimum absolute atomic E-state index is 0.0614. The molecule has 6 nitrogen and oxygen atoms in total. The van der Waals surface area contributed by atoms with Gasteiger partial charge in [0.1, 0.15) is 0 Å². The molecule has 0 heterocycles. The van der Waals surface area contributed by atoms with Crippen LogP contribution in [0.15, 0.2) is 4.99 Å². The van der Waals surface area contributed by atoms with Gasteiger partial charge in [0.25, 0.3) is 0 Å². The average Bonchev–Trinajstić information content (AvgIpc) is 2.49. The number of carbonyl (C=O) groups excluding carboxylic acids is 1. The van der Waals surface area contributed by atoms with Gasteiger partial charge in [-0.3, -0.25) is 9.79 Å². The van der Waals surface area contributed by atoms with E-state index in [9.17, 15) is 4.79 Å². The van der Waals surface area contributed by atoms with Crippen molar-refractivity contribution in [1.82, 2.24) is 16.0 Å². The molecule has 0 aromatic carbocycles. The van der Waals surface area contributed by atoms with Crippen LogP contribution in [0.2, 0.25) is 0 Å². The first-order chi connectivity index (χ1) is 10.6. The van der Waals surface area contributed by atoms with Crippen LogP contribution in [0.4, 0.5) is 0 Å². The Labute approximate surface area is 135 Å². The lowest BCUT2D eigenvalue weighted by Crippen LogP contribution is -2.43. The Bertz CT molecular complexity index is 307. The van der Waals surface area contributed by atoms with Gasteiger partial charge < -0.3 is 20.7 Å². The molecule has 1 amide bonds. The lowest BCUT2D eigenvalue weighted by Gasteiger charge is -2.12. The van der Waals surface area contributed by atoms with Crippen LogP contribution in [0.3, 0.4) is 0 Å². The van der Waals surface area contributed by atoms with Crippen molar-refractivity contribution in [2.45, 2.75) is 46.0 Å². The van der Waals surface area contributed by atoms with E-state index < -0.39 is 0 Å². The van der Waals surface area contributed by atoms with Gasteiger partial charge in [0.2, 0.25) is 5.91 Å². The summed E-state index contributed by atoms with van der Waals surface area (Å²) < 4.78 is 4.87. The fraction of sp³-hybridized carbons (Fsp3) is 0.875. The maximum atomic E-state index is 11.5. The van der Waals surface area contributed by atoms with Crippen LogP contribution in [-0.4, -0.2) is 52.3 Å². The van der Waals surface area contributed by atoms with Gasteiger partial charge in [0, 0.05) is 27.2 Å². The van der Waals surface area contributed by atoms with E-state index in [1.807, 2.05) is 0 Å². The molecule has 0 saturated heterocycles. The smallest absolute Gasteiger partial charge is 0.239 e. The summed E-state index contributed by atoms with van der Waals surface area (Å²) in [7, 11) is 3.32. The van der Waals surface area contributed by atoms with Crippen molar-refractivity contribution in [3.63, 3.8) is 0 Å². The molecule has 0 aliphatic rings. The molecule has 0 saturated carbocycles. The molecule has 0 aliphatic carbocycles. The van der Waals surface area contributed by atoms with Crippen molar-refractivity contribution in [3.8, 4) is 0 Å². The second-order valence-electron chi connectivity index (χ2n) is 5.79. The predicted molar refractivity (Wildman–Crippen MR) is 92.2 cm³/mol. The normalized spacial score (nSPS) is 11.6. The molecular formula is C16H34N4O2. The van der Waals surface area contributed by atoms with Crippen LogP contribution < -0.4 is 16.0 Å². The van der Waals surface area contributed by atoms with Crippen molar-refractivity contribution in [3.05, 3.63) is 0 Å². The van der Waals surface area contributed by atoms with E-state index in [2.05, 4.69) is 34.8 Å². The van der Waals surface area contributed by atoms with E-state index in [0.717, 1.165) is 18.9 Å². The largest absolute Gasteiger partial charge is 0.383 e. The number of nitrogens with zero attached hydrogens (tertiary/aromatic N) is 1. The number of hydrogen-bond donors (Lipinski definition) is 3. The number of amides is 1. The first-order valence-corrected chi connectivity index (χ1v) is 8.30. The van der Waals surface area contributed by atoms with Crippen molar-refractivity contribution in [2.24, 2.45) is 10.9 Å². The molecular weight excluding hydrogens is 280 g/mol. The SMILES string of the molecule is CN=C(NCCCCCCC(C)C)NCC(=O)NCCOC. The Morgan fingerprint density at radius 1 is 1.05 bits per heavy atom. The van der Waals surface area contributed by atoms with Crippen molar-refractivity contribution >= 4 is 11.9 Å². The Hall–Kier alpha value is -1.30. The Morgan fingerprint density at radius 2 is 1.77 bits per heavy atom. The molecule has 0 rings (SSSR count). The lowest BCUT2D eigenvalue weighted by atomic mass is 10.0. The molecule has 0 aliphatic heterocycles. The maximum Gasteiger partial charge on any atom is 0.239 e. The molecule has 0 radical (unpaired) electrons. The number of rotatable bonds is 12. The summed E-state index contributed by atoms with van der Waals surface area (Å²) in [6.45, 7) is 6.69. The molecule has 0 aromatic rings. The molecule has 3 N–H and O–H groups in total.